The lowest BCUT2D eigenvalue weighted by Crippen LogP contribution is -2.12. The van der Waals surface area contributed by atoms with Crippen LogP contribution in [0.1, 0.15) is 34.4 Å². The topological polar surface area (TPSA) is 87.3 Å². The van der Waals surface area contributed by atoms with Crippen LogP contribution in [0.2, 0.25) is 0 Å². The molecule has 0 N–H and O–H groups in total. The first kappa shape index (κ1) is 19.6. The Bertz CT molecular complexity index is 1220. The zero-order chi connectivity index (χ0) is 21.1. The van der Waals surface area contributed by atoms with Crippen molar-refractivity contribution < 1.29 is 18.8 Å². The van der Waals surface area contributed by atoms with E-state index >= 15 is 0 Å². The molecule has 2 aromatic heterocycles. The van der Waals surface area contributed by atoms with E-state index in [-0.39, 0.29) is 12.5 Å². The Morgan fingerprint density at radius 3 is 2.73 bits per heavy atom. The number of pyridine rings is 1. The lowest BCUT2D eigenvalue weighted by molar-refractivity contribution is 0.0427. The van der Waals surface area contributed by atoms with Crippen LogP contribution in [-0.4, -0.2) is 28.2 Å². The highest BCUT2D eigenvalue weighted by molar-refractivity contribution is 5.98. The van der Waals surface area contributed by atoms with Crippen molar-refractivity contribution in [1.82, 2.24) is 15.1 Å². The van der Waals surface area contributed by atoms with Crippen molar-refractivity contribution >= 4 is 16.9 Å². The number of esters is 1. The fourth-order valence-corrected chi connectivity index (χ4v) is 3.36. The number of fused-ring (bicyclic) bond motifs is 1. The Balaban J connectivity index is 1.54. The number of methoxy groups -OCH3 is 1. The average Bonchev–Trinajstić information content (AvgIpc) is 3.26. The molecule has 0 saturated heterocycles. The average molecular weight is 403 g/mol. The van der Waals surface area contributed by atoms with Crippen molar-refractivity contribution in [3.63, 3.8) is 0 Å². The van der Waals surface area contributed by atoms with E-state index in [1.807, 2.05) is 56.3 Å². The Labute approximate surface area is 173 Å². The molecule has 0 unspecified atom stereocenters. The van der Waals surface area contributed by atoms with E-state index in [2.05, 4.69) is 15.1 Å². The maximum Gasteiger partial charge on any atom is 0.340 e. The Morgan fingerprint density at radius 1 is 1.10 bits per heavy atom. The minimum atomic E-state index is -0.455. The van der Waals surface area contributed by atoms with E-state index < -0.39 is 5.97 Å². The van der Waals surface area contributed by atoms with Crippen LogP contribution in [0, 0.1) is 6.92 Å². The van der Waals surface area contributed by atoms with E-state index in [4.69, 9.17) is 14.0 Å². The van der Waals surface area contributed by atoms with E-state index in [9.17, 15) is 4.79 Å². The van der Waals surface area contributed by atoms with Crippen LogP contribution >= 0.6 is 0 Å². The van der Waals surface area contributed by atoms with Gasteiger partial charge in [0.15, 0.2) is 6.61 Å². The molecular formula is C23H21N3O4. The smallest absolute Gasteiger partial charge is 0.340 e. The number of hydrogen-bond donors (Lipinski definition) is 0. The molecule has 2 aromatic carbocycles. The largest absolute Gasteiger partial charge is 0.497 e. The van der Waals surface area contributed by atoms with Gasteiger partial charge in [-0.05, 0) is 37.1 Å². The summed E-state index contributed by atoms with van der Waals surface area (Å²) in [4.78, 5) is 21.8. The summed E-state index contributed by atoms with van der Waals surface area (Å²) in [5, 5.41) is 4.89. The third-order valence-electron chi connectivity index (χ3n) is 4.89. The molecule has 0 spiro atoms. The van der Waals surface area contributed by atoms with E-state index in [1.165, 1.54) is 0 Å². The van der Waals surface area contributed by atoms with Crippen LogP contribution in [0.5, 0.6) is 5.75 Å². The molecule has 0 aliphatic heterocycles. The van der Waals surface area contributed by atoms with Crippen molar-refractivity contribution in [3.8, 4) is 17.1 Å². The number of aromatic nitrogens is 3. The fourth-order valence-electron chi connectivity index (χ4n) is 3.36. The van der Waals surface area contributed by atoms with E-state index in [0.29, 0.717) is 29.3 Å². The van der Waals surface area contributed by atoms with Gasteiger partial charge >= 0.3 is 5.97 Å². The highest BCUT2D eigenvalue weighted by atomic mass is 16.6. The van der Waals surface area contributed by atoms with E-state index in [0.717, 1.165) is 22.0 Å². The van der Waals surface area contributed by atoms with Crippen LogP contribution in [0.4, 0.5) is 0 Å². The summed E-state index contributed by atoms with van der Waals surface area (Å²) in [5.74, 6) is 0.851. The first-order valence-electron chi connectivity index (χ1n) is 9.63. The molecule has 0 fully saturated rings. The molecule has 0 aliphatic carbocycles. The fraction of sp³-hybridized carbons (Fsp3) is 0.217. The lowest BCUT2D eigenvalue weighted by Gasteiger charge is -2.12. The summed E-state index contributed by atoms with van der Waals surface area (Å²) in [7, 11) is 1.59. The Hall–Kier alpha value is -3.74. The minimum absolute atomic E-state index is 0.120. The molecule has 0 amide bonds. The number of para-hydroxylation sites is 1. The van der Waals surface area contributed by atoms with Crippen molar-refractivity contribution in [2.45, 2.75) is 26.9 Å². The van der Waals surface area contributed by atoms with Gasteiger partial charge in [-0.2, -0.15) is 4.98 Å². The van der Waals surface area contributed by atoms with Gasteiger partial charge in [-0.3, -0.25) is 4.98 Å². The van der Waals surface area contributed by atoms with Crippen LogP contribution in [0.15, 0.2) is 53.1 Å². The molecule has 0 aliphatic rings. The molecule has 4 rings (SSSR count). The van der Waals surface area contributed by atoms with Crippen molar-refractivity contribution in [2.24, 2.45) is 0 Å². The second-order valence-electron chi connectivity index (χ2n) is 6.75. The number of carbonyl (C=O) groups is 1. The number of benzene rings is 2. The molecule has 7 nitrogen and oxygen atoms in total. The number of ether oxygens (including phenoxy) is 2. The van der Waals surface area contributed by atoms with Gasteiger partial charge in [0.2, 0.25) is 5.82 Å². The van der Waals surface area contributed by atoms with Crippen LogP contribution in [-0.2, 0) is 17.8 Å². The maximum atomic E-state index is 12.9. The van der Waals surface area contributed by atoms with Crippen molar-refractivity contribution in [3.05, 3.63) is 71.2 Å². The van der Waals surface area contributed by atoms with Crippen LogP contribution in [0.25, 0.3) is 22.3 Å². The Kier molecular flexibility index (Phi) is 5.43. The van der Waals surface area contributed by atoms with Gasteiger partial charge in [0.05, 0.1) is 23.9 Å². The summed E-state index contributed by atoms with van der Waals surface area (Å²) in [6, 6.07) is 15.1. The van der Waals surface area contributed by atoms with Gasteiger partial charge in [0, 0.05) is 10.9 Å². The third-order valence-corrected chi connectivity index (χ3v) is 4.89. The molecule has 0 atom stereocenters. The molecule has 152 valence electrons. The van der Waals surface area contributed by atoms with Crippen molar-refractivity contribution in [1.29, 1.82) is 0 Å². The van der Waals surface area contributed by atoms with Crippen molar-refractivity contribution in [2.75, 3.05) is 7.11 Å². The predicted octanol–water partition coefficient (Wildman–Crippen LogP) is 4.52. The summed E-state index contributed by atoms with van der Waals surface area (Å²) < 4.78 is 15.9. The molecule has 30 heavy (non-hydrogen) atoms. The number of nitrogens with zero attached hydrogens (tertiary/aromatic N) is 3. The number of rotatable bonds is 6. The summed E-state index contributed by atoms with van der Waals surface area (Å²) in [6.45, 7) is 3.75. The molecule has 4 aromatic rings. The predicted molar refractivity (Wildman–Crippen MR) is 111 cm³/mol. The van der Waals surface area contributed by atoms with Gasteiger partial charge in [0.1, 0.15) is 5.75 Å². The maximum absolute atomic E-state index is 12.9. The molecule has 2 heterocycles. The monoisotopic (exact) mass is 403 g/mol. The molecule has 0 radical (unpaired) electrons. The number of aryl methyl sites for hydroxylation is 2. The zero-order valence-corrected chi connectivity index (χ0v) is 17.0. The number of hydrogen-bond acceptors (Lipinski definition) is 7. The highest BCUT2D eigenvalue weighted by Gasteiger charge is 2.20. The summed E-state index contributed by atoms with van der Waals surface area (Å²) in [5.41, 5.74) is 3.66. The third kappa shape index (κ3) is 3.74. The normalized spacial score (nSPS) is 10.9. The summed E-state index contributed by atoms with van der Waals surface area (Å²) >= 11 is 0. The quantitative estimate of drug-likeness (QED) is 0.437. The second kappa shape index (κ2) is 8.32. The zero-order valence-electron chi connectivity index (χ0n) is 17.0. The van der Waals surface area contributed by atoms with Crippen LogP contribution < -0.4 is 4.74 Å². The van der Waals surface area contributed by atoms with Crippen LogP contribution in [0.3, 0.4) is 0 Å². The van der Waals surface area contributed by atoms with Gasteiger partial charge in [0.25, 0.3) is 5.89 Å². The standard InChI is InChI=1S/C23H21N3O4/c1-4-18-21(14(2)17-10-5-6-11-19(17)24-18)23(27)29-13-20-25-22(26-30-20)15-8-7-9-16(12-15)28-3/h5-12H,4,13H2,1-3H3. The SMILES string of the molecule is CCc1nc2ccccc2c(C)c1C(=O)OCc1nc(-c2cccc(OC)c2)no1. The van der Waals surface area contributed by atoms with Gasteiger partial charge in [-0.15, -0.1) is 0 Å². The van der Waals surface area contributed by atoms with Gasteiger partial charge in [-0.25, -0.2) is 4.79 Å². The first-order chi connectivity index (χ1) is 14.6. The first-order valence-corrected chi connectivity index (χ1v) is 9.63. The van der Waals surface area contributed by atoms with Gasteiger partial charge < -0.3 is 14.0 Å². The molecule has 7 heteroatoms. The lowest BCUT2D eigenvalue weighted by atomic mass is 10.0. The molecule has 0 saturated carbocycles. The van der Waals surface area contributed by atoms with E-state index in [1.54, 1.807) is 13.2 Å². The van der Waals surface area contributed by atoms with Gasteiger partial charge in [-0.1, -0.05) is 42.4 Å². The number of carbonyl (C=O) groups excluding carboxylic acids is 1. The minimum Gasteiger partial charge on any atom is -0.497 e. The summed E-state index contributed by atoms with van der Waals surface area (Å²) in [6.07, 6.45) is 0.622. The highest BCUT2D eigenvalue weighted by Crippen LogP contribution is 2.25. The second-order valence-corrected chi connectivity index (χ2v) is 6.75. The molecule has 0 bridgehead atoms. The molecular weight excluding hydrogens is 382 g/mol. The Morgan fingerprint density at radius 2 is 1.93 bits per heavy atom.